The highest BCUT2D eigenvalue weighted by Crippen LogP contribution is 2.34. The third-order valence-electron chi connectivity index (χ3n) is 4.17. The molecule has 0 spiro atoms. The first-order valence-corrected chi connectivity index (χ1v) is 10.1. The van der Waals surface area contributed by atoms with Crippen molar-refractivity contribution in [3.8, 4) is 11.5 Å². The number of nitrogens with zero attached hydrogens (tertiary/aromatic N) is 3. The second kappa shape index (κ2) is 9.58. The number of likely N-dealkylation sites (N-methyl/N-ethyl adjacent to an activating group) is 1. The minimum Gasteiger partial charge on any atom is -0.454 e. The molecule has 0 atom stereocenters. The van der Waals surface area contributed by atoms with Crippen molar-refractivity contribution >= 4 is 29.6 Å². The van der Waals surface area contributed by atoms with E-state index in [9.17, 15) is 9.59 Å². The van der Waals surface area contributed by atoms with E-state index in [-0.39, 0.29) is 12.7 Å². The highest BCUT2D eigenvalue weighted by molar-refractivity contribution is 5.98. The van der Waals surface area contributed by atoms with Gasteiger partial charge in [-0.1, -0.05) is 0 Å². The fourth-order valence-electron chi connectivity index (χ4n) is 2.74. The Balaban J connectivity index is 1.52. The lowest BCUT2D eigenvalue weighted by molar-refractivity contribution is 0.0305. The van der Waals surface area contributed by atoms with Crippen molar-refractivity contribution in [3.05, 3.63) is 30.0 Å². The summed E-state index contributed by atoms with van der Waals surface area (Å²) in [6.45, 7) is 8.25. The standard InChI is InChI=1S/C21H28N6O5/c1-13-10-17(22-8-9-27(5)20(29)32-21(2,3)4)25-18(23-13)26-19(28)24-14-6-7-15-16(11-14)31-12-30-15/h6-7,10-11H,8-9,12H2,1-5H3,(H3,22,23,24,25,26,28). The van der Waals surface area contributed by atoms with Gasteiger partial charge in [0, 0.05) is 43.7 Å². The molecule has 0 radical (unpaired) electrons. The molecule has 3 amide bonds. The third kappa shape index (κ3) is 6.62. The summed E-state index contributed by atoms with van der Waals surface area (Å²) >= 11 is 0. The Morgan fingerprint density at radius 3 is 2.62 bits per heavy atom. The van der Waals surface area contributed by atoms with E-state index < -0.39 is 17.7 Å². The van der Waals surface area contributed by atoms with Crippen molar-refractivity contribution in [2.24, 2.45) is 0 Å². The van der Waals surface area contributed by atoms with Crippen molar-refractivity contribution in [1.82, 2.24) is 14.9 Å². The van der Waals surface area contributed by atoms with Gasteiger partial charge in [0.05, 0.1) is 0 Å². The van der Waals surface area contributed by atoms with E-state index in [0.29, 0.717) is 41.8 Å². The van der Waals surface area contributed by atoms with Crippen LogP contribution in [0.4, 0.5) is 27.0 Å². The molecule has 1 aliphatic heterocycles. The molecule has 172 valence electrons. The van der Waals surface area contributed by atoms with Gasteiger partial charge < -0.3 is 29.7 Å². The molecule has 2 heterocycles. The van der Waals surface area contributed by atoms with Crippen LogP contribution in [0.1, 0.15) is 26.5 Å². The summed E-state index contributed by atoms with van der Waals surface area (Å²) in [5.74, 6) is 1.86. The lowest BCUT2D eigenvalue weighted by atomic mass is 10.2. The SMILES string of the molecule is Cc1cc(NCCN(C)C(=O)OC(C)(C)C)nc(NC(=O)Nc2ccc3c(c2)OCO3)n1. The number of carbonyl (C=O) groups is 2. The Morgan fingerprint density at radius 1 is 1.12 bits per heavy atom. The van der Waals surface area contributed by atoms with Crippen molar-refractivity contribution in [2.75, 3.05) is 42.9 Å². The summed E-state index contributed by atoms with van der Waals surface area (Å²) in [5, 5.41) is 8.44. The van der Waals surface area contributed by atoms with E-state index >= 15 is 0 Å². The largest absolute Gasteiger partial charge is 0.454 e. The van der Waals surface area contributed by atoms with Gasteiger partial charge in [0.25, 0.3) is 0 Å². The number of hydrogen-bond donors (Lipinski definition) is 3. The number of aromatic nitrogens is 2. The summed E-state index contributed by atoms with van der Waals surface area (Å²) in [5.41, 5.74) is 0.661. The Morgan fingerprint density at radius 2 is 1.88 bits per heavy atom. The van der Waals surface area contributed by atoms with Crippen LogP contribution >= 0.6 is 0 Å². The highest BCUT2D eigenvalue weighted by atomic mass is 16.7. The zero-order chi connectivity index (χ0) is 23.3. The van der Waals surface area contributed by atoms with Crippen LogP contribution in [0.25, 0.3) is 0 Å². The van der Waals surface area contributed by atoms with Crippen molar-refractivity contribution < 1.29 is 23.8 Å². The molecule has 32 heavy (non-hydrogen) atoms. The van der Waals surface area contributed by atoms with Crippen molar-refractivity contribution in [2.45, 2.75) is 33.3 Å². The van der Waals surface area contributed by atoms with Crippen LogP contribution in [0.2, 0.25) is 0 Å². The van der Waals surface area contributed by atoms with Crippen molar-refractivity contribution in [3.63, 3.8) is 0 Å². The van der Waals surface area contributed by atoms with Gasteiger partial charge in [0.2, 0.25) is 12.7 Å². The zero-order valence-corrected chi connectivity index (χ0v) is 18.8. The van der Waals surface area contributed by atoms with E-state index in [2.05, 4.69) is 25.9 Å². The number of amides is 3. The average molecular weight is 444 g/mol. The second-order valence-corrected chi connectivity index (χ2v) is 8.19. The molecular weight excluding hydrogens is 416 g/mol. The van der Waals surface area contributed by atoms with Gasteiger partial charge in [-0.15, -0.1) is 0 Å². The second-order valence-electron chi connectivity index (χ2n) is 8.19. The zero-order valence-electron chi connectivity index (χ0n) is 18.8. The molecule has 0 saturated carbocycles. The number of ether oxygens (including phenoxy) is 3. The fourth-order valence-corrected chi connectivity index (χ4v) is 2.74. The van der Waals surface area contributed by atoms with Crippen LogP contribution in [-0.4, -0.2) is 59.5 Å². The Bertz CT molecular complexity index is 991. The highest BCUT2D eigenvalue weighted by Gasteiger charge is 2.19. The van der Waals surface area contributed by atoms with E-state index in [1.807, 2.05) is 20.8 Å². The molecule has 0 aliphatic carbocycles. The van der Waals surface area contributed by atoms with Gasteiger partial charge in [0.1, 0.15) is 11.4 Å². The predicted molar refractivity (Wildman–Crippen MR) is 119 cm³/mol. The lowest BCUT2D eigenvalue weighted by Crippen LogP contribution is -2.36. The van der Waals surface area contributed by atoms with Gasteiger partial charge in [0.15, 0.2) is 11.5 Å². The number of nitrogens with one attached hydrogen (secondary N) is 3. The number of hydrogen-bond acceptors (Lipinski definition) is 8. The van der Waals surface area contributed by atoms with Crippen LogP contribution < -0.4 is 25.4 Å². The van der Waals surface area contributed by atoms with E-state index in [1.165, 1.54) is 4.90 Å². The topological polar surface area (TPSA) is 127 Å². The predicted octanol–water partition coefficient (Wildman–Crippen LogP) is 3.44. The molecule has 3 N–H and O–H groups in total. The minimum atomic E-state index is -0.551. The Kier molecular flexibility index (Phi) is 6.86. The van der Waals surface area contributed by atoms with Gasteiger partial charge in [-0.2, -0.15) is 4.98 Å². The number of anilines is 3. The third-order valence-corrected chi connectivity index (χ3v) is 4.17. The molecular formula is C21H28N6O5. The van der Waals surface area contributed by atoms with Gasteiger partial charge in [-0.05, 0) is 39.8 Å². The van der Waals surface area contributed by atoms with E-state index in [0.717, 1.165) is 0 Å². The summed E-state index contributed by atoms with van der Waals surface area (Å²) < 4.78 is 15.9. The average Bonchev–Trinajstić information content (AvgIpc) is 3.13. The first-order valence-electron chi connectivity index (χ1n) is 10.1. The molecule has 0 fully saturated rings. The molecule has 0 saturated heterocycles. The first kappa shape index (κ1) is 22.9. The maximum atomic E-state index is 12.3. The van der Waals surface area contributed by atoms with E-state index in [1.54, 1.807) is 38.2 Å². The Labute approximate surface area is 186 Å². The number of urea groups is 1. The monoisotopic (exact) mass is 444 g/mol. The molecule has 1 aliphatic rings. The minimum absolute atomic E-state index is 0.145. The summed E-state index contributed by atoms with van der Waals surface area (Å²) in [6, 6.07) is 6.35. The lowest BCUT2D eigenvalue weighted by Gasteiger charge is -2.24. The maximum Gasteiger partial charge on any atom is 0.410 e. The molecule has 0 unspecified atom stereocenters. The Hall–Kier alpha value is -3.76. The van der Waals surface area contributed by atoms with Crippen LogP contribution in [-0.2, 0) is 4.74 Å². The normalized spacial score (nSPS) is 12.2. The number of carbonyl (C=O) groups excluding carboxylic acids is 2. The summed E-state index contributed by atoms with van der Waals surface area (Å²) in [7, 11) is 1.66. The smallest absolute Gasteiger partial charge is 0.410 e. The molecule has 11 nitrogen and oxygen atoms in total. The van der Waals surface area contributed by atoms with Crippen LogP contribution in [0, 0.1) is 6.92 Å². The number of rotatable bonds is 6. The molecule has 1 aromatic carbocycles. The number of benzene rings is 1. The summed E-state index contributed by atoms with van der Waals surface area (Å²) in [6.07, 6.45) is -0.402. The fraction of sp³-hybridized carbons (Fsp3) is 0.429. The molecule has 0 bridgehead atoms. The van der Waals surface area contributed by atoms with Crippen LogP contribution in [0.3, 0.4) is 0 Å². The molecule has 1 aromatic heterocycles. The molecule has 3 rings (SSSR count). The maximum absolute atomic E-state index is 12.3. The van der Waals surface area contributed by atoms with Gasteiger partial charge in [-0.25, -0.2) is 14.6 Å². The van der Waals surface area contributed by atoms with E-state index in [4.69, 9.17) is 14.2 Å². The first-order chi connectivity index (χ1) is 15.1. The van der Waals surface area contributed by atoms with Gasteiger partial charge >= 0.3 is 12.1 Å². The number of fused-ring (bicyclic) bond motifs is 1. The molecule has 2 aromatic rings. The molecule has 11 heteroatoms. The van der Waals surface area contributed by atoms with Crippen LogP contribution in [0.5, 0.6) is 11.5 Å². The summed E-state index contributed by atoms with van der Waals surface area (Å²) in [4.78, 5) is 34.4. The van der Waals surface area contributed by atoms with Crippen LogP contribution in [0.15, 0.2) is 24.3 Å². The number of aryl methyl sites for hydroxylation is 1. The van der Waals surface area contributed by atoms with Crippen molar-refractivity contribution in [1.29, 1.82) is 0 Å². The van der Waals surface area contributed by atoms with Gasteiger partial charge in [-0.3, -0.25) is 5.32 Å². The quantitative estimate of drug-likeness (QED) is 0.618.